The van der Waals surface area contributed by atoms with Gasteiger partial charge in [-0.3, -0.25) is 0 Å². The summed E-state index contributed by atoms with van der Waals surface area (Å²) >= 11 is 3.36. The van der Waals surface area contributed by atoms with Crippen molar-refractivity contribution in [2.75, 3.05) is 0 Å². The standard InChI is InChI=1S/4C22H17.2C5H8.2ClH.2Zr/c4*1-3-10-18(11-4-1)22(19-12-5-2-6-13-19)21-16-15-17-9-7-8-14-20(17)21;2*1-2-4-5-3-1;;;;/h4*1-16,22H;2*1-4H2;2*1H;;/q4*-1;;;;;2*+2/p-2. The second-order valence-electron chi connectivity index (χ2n) is 26.1. The fraction of sp³-hybridized carbons (Fsp3) is 0.122. The van der Waals surface area contributed by atoms with Gasteiger partial charge >= 0.3 is 106 Å². The summed E-state index contributed by atoms with van der Waals surface area (Å²) in [6.45, 7) is 0. The molecule has 16 aromatic rings. The molecule has 0 N–H and O–H groups in total. The summed E-state index contributed by atoms with van der Waals surface area (Å²) in [6.07, 6.45) is 11.7. The summed E-state index contributed by atoms with van der Waals surface area (Å²) < 4.78 is 3.59. The molecular weight excluding hydrogens is 1430 g/mol. The van der Waals surface area contributed by atoms with E-state index in [-0.39, 0.29) is 48.5 Å². The second kappa shape index (κ2) is 38.4. The molecule has 0 saturated heterocycles. The normalized spacial score (nSPS) is 12.3. The zero-order valence-electron chi connectivity index (χ0n) is 57.7. The van der Waals surface area contributed by atoms with Gasteiger partial charge in [-0.2, -0.15) is 0 Å². The van der Waals surface area contributed by atoms with Crippen molar-refractivity contribution in [1.82, 2.24) is 0 Å². The van der Waals surface area contributed by atoms with Crippen molar-refractivity contribution in [3.8, 4) is 0 Å². The van der Waals surface area contributed by atoms with Gasteiger partial charge < -0.3 is 24.8 Å². The van der Waals surface area contributed by atoms with Gasteiger partial charge in [-0.25, -0.2) is 0 Å². The van der Waals surface area contributed by atoms with Crippen LogP contribution in [0.15, 0.2) is 388 Å². The molecule has 16 aromatic carbocycles. The third-order valence-corrected chi connectivity index (χ3v) is 22.0. The quantitative estimate of drug-likeness (QED) is 0.107. The van der Waals surface area contributed by atoms with E-state index in [0.717, 1.165) is 0 Å². The second-order valence-corrected chi connectivity index (χ2v) is 29.6. The first-order valence-electron chi connectivity index (χ1n) is 35.6. The molecule has 102 heavy (non-hydrogen) atoms. The Labute approximate surface area is 646 Å². The Morgan fingerprint density at radius 3 is 0.490 bits per heavy atom. The summed E-state index contributed by atoms with van der Waals surface area (Å²) in [5, 5.41) is 10.6. The maximum absolute atomic E-state index is 2.27. The van der Waals surface area contributed by atoms with Crippen LogP contribution in [0.1, 0.15) is 142 Å². The van der Waals surface area contributed by atoms with Gasteiger partial charge in [-0.1, -0.05) is 267 Å². The zero-order chi connectivity index (χ0) is 67.9. The van der Waals surface area contributed by atoms with Crippen LogP contribution in [0.4, 0.5) is 0 Å². The Bertz CT molecular complexity index is 4310. The first-order valence-corrected chi connectivity index (χ1v) is 38.1. The van der Waals surface area contributed by atoms with Gasteiger partial charge in [0.05, 0.1) is 0 Å². The summed E-state index contributed by atoms with van der Waals surface area (Å²) in [5.74, 6) is 1.12. The van der Waals surface area contributed by atoms with Crippen LogP contribution in [-0.2, 0) is 48.5 Å². The molecule has 0 aromatic heterocycles. The minimum absolute atomic E-state index is 0. The fourth-order valence-corrected chi connectivity index (χ4v) is 16.4. The van der Waals surface area contributed by atoms with Gasteiger partial charge in [0.15, 0.2) is 0 Å². The summed E-state index contributed by atoms with van der Waals surface area (Å²) in [6, 6.07) is 139. The zero-order valence-corrected chi connectivity index (χ0v) is 64.1. The topological polar surface area (TPSA) is 0 Å². The van der Waals surface area contributed by atoms with E-state index in [1.54, 1.807) is 54.9 Å². The van der Waals surface area contributed by atoms with Gasteiger partial charge in [0.1, 0.15) is 0 Å². The molecule has 2 aliphatic carbocycles. The predicted molar refractivity (Wildman–Crippen MR) is 420 cm³/mol. The molecule has 0 radical (unpaired) electrons. The Morgan fingerprint density at radius 1 is 0.196 bits per heavy atom. The minimum Gasteiger partial charge on any atom is -0.150 e. The molecular formula is C98H84Cl2Zr2-2. The molecule has 0 bridgehead atoms. The number of hydrogen-bond donors (Lipinski definition) is 0. The molecule has 0 amide bonds. The van der Waals surface area contributed by atoms with Crippen molar-refractivity contribution in [3.63, 3.8) is 0 Å². The van der Waals surface area contributed by atoms with E-state index < -0.39 is 0 Å². The average Bonchev–Trinajstić information content (AvgIpc) is 1.65. The summed E-state index contributed by atoms with van der Waals surface area (Å²) in [4.78, 5) is 0. The fourth-order valence-electron chi connectivity index (χ4n) is 14.7. The van der Waals surface area contributed by atoms with Gasteiger partial charge in [0, 0.05) is 0 Å². The summed E-state index contributed by atoms with van der Waals surface area (Å²) in [5.41, 5.74) is 16.2. The van der Waals surface area contributed by atoms with Crippen LogP contribution >= 0.6 is 0 Å². The summed E-state index contributed by atoms with van der Waals surface area (Å²) in [7, 11) is 0. The smallest absolute Gasteiger partial charge is 0.00686 e. The molecule has 0 aliphatic heterocycles. The Morgan fingerprint density at radius 2 is 0.343 bits per heavy atom. The molecule has 0 nitrogen and oxygen atoms in total. The Balaban J connectivity index is 0.000000128. The van der Waals surface area contributed by atoms with Crippen molar-refractivity contribution in [2.24, 2.45) is 0 Å². The monoisotopic (exact) mass is 1510 g/mol. The first kappa shape index (κ1) is 74.4. The van der Waals surface area contributed by atoms with Crippen LogP contribution < -0.4 is 24.8 Å². The molecule has 500 valence electrons. The van der Waals surface area contributed by atoms with Crippen LogP contribution in [0.3, 0.4) is 0 Å². The Kier molecular flexibility index (Phi) is 28.0. The maximum atomic E-state index is 2.27. The van der Waals surface area contributed by atoms with E-state index in [1.165, 1.54) is 161 Å². The van der Waals surface area contributed by atoms with E-state index in [9.17, 15) is 0 Å². The average molecular weight is 1520 g/mol. The SMILES string of the molecule is [Cl-].[Cl-].[Zr+2]=[C]1CCCC1.[Zr+2]=[C]1CCCC1.c1ccc(C(c2ccccc2)c2c[cH-]c3ccccc23)cc1.c1ccc(C(c2ccccc2)c2c[cH-]c3ccccc23)cc1.c1ccc(C(c2ccccc2)c2c[cH-]c3ccccc23)cc1.c1ccc(C(c2ccccc2)c2c[cH-]c3ccccc23)cc1. The number of fused-ring (bicyclic) bond motifs is 4. The molecule has 2 fully saturated rings. The van der Waals surface area contributed by atoms with Gasteiger partial charge in [0.2, 0.25) is 0 Å². The largest absolute Gasteiger partial charge is 0.150 e. The van der Waals surface area contributed by atoms with E-state index in [4.69, 9.17) is 0 Å². The van der Waals surface area contributed by atoms with Crippen LogP contribution in [0.5, 0.6) is 0 Å². The molecule has 4 heteroatoms. The van der Waals surface area contributed by atoms with E-state index >= 15 is 0 Å². The van der Waals surface area contributed by atoms with Crippen molar-refractivity contribution in [3.05, 3.63) is 455 Å². The molecule has 2 aliphatic rings. The molecule has 0 unspecified atom stereocenters. The molecule has 0 atom stereocenters. The molecule has 2 saturated carbocycles. The number of rotatable bonds is 12. The first-order chi connectivity index (χ1) is 49.5. The van der Waals surface area contributed by atoms with Gasteiger partial charge in [-0.05, 0) is 68.2 Å². The number of halogens is 2. The van der Waals surface area contributed by atoms with Crippen LogP contribution in [0, 0.1) is 0 Å². The molecule has 18 rings (SSSR count). The number of hydrogen-bond acceptors (Lipinski definition) is 0. The van der Waals surface area contributed by atoms with Crippen molar-refractivity contribution in [2.45, 2.75) is 75.0 Å². The minimum atomic E-state index is 0. The van der Waals surface area contributed by atoms with E-state index in [2.05, 4.69) is 388 Å². The van der Waals surface area contributed by atoms with Gasteiger partial charge in [0.25, 0.3) is 0 Å². The number of benzene rings is 12. The van der Waals surface area contributed by atoms with Crippen LogP contribution in [-0.4, -0.2) is 6.41 Å². The van der Waals surface area contributed by atoms with Crippen molar-refractivity contribution in [1.29, 1.82) is 0 Å². The third kappa shape index (κ3) is 19.1. The third-order valence-electron chi connectivity index (χ3n) is 19.6. The van der Waals surface area contributed by atoms with Gasteiger partial charge in [-0.15, -0.1) is 187 Å². The predicted octanol–water partition coefficient (Wildman–Crippen LogP) is 19.5. The van der Waals surface area contributed by atoms with E-state index in [1.807, 2.05) is 0 Å². The van der Waals surface area contributed by atoms with E-state index in [0.29, 0.717) is 0 Å². The van der Waals surface area contributed by atoms with Crippen LogP contribution in [0.2, 0.25) is 0 Å². The van der Waals surface area contributed by atoms with Crippen molar-refractivity contribution >= 4 is 49.5 Å². The Hall–Kier alpha value is -8.83. The molecule has 0 heterocycles. The van der Waals surface area contributed by atoms with Crippen molar-refractivity contribution < 1.29 is 73.3 Å². The molecule has 0 spiro atoms. The van der Waals surface area contributed by atoms with Crippen LogP contribution in [0.25, 0.3) is 43.1 Å². The maximum Gasteiger partial charge on any atom is -0.00686 e.